The van der Waals surface area contributed by atoms with Crippen molar-refractivity contribution in [1.29, 1.82) is 0 Å². The van der Waals surface area contributed by atoms with Crippen molar-refractivity contribution in [3.05, 3.63) is 40.4 Å². The number of nitrogens with zero attached hydrogens (tertiary/aromatic N) is 3. The molecule has 29 heavy (non-hydrogen) atoms. The van der Waals surface area contributed by atoms with Gasteiger partial charge in [0, 0.05) is 42.3 Å². The molecule has 0 bridgehead atoms. The van der Waals surface area contributed by atoms with E-state index in [0.717, 1.165) is 18.8 Å². The highest BCUT2D eigenvalue weighted by Crippen LogP contribution is 2.20. The van der Waals surface area contributed by atoms with Gasteiger partial charge < -0.3 is 14.5 Å². The molecule has 0 unspecified atom stereocenters. The summed E-state index contributed by atoms with van der Waals surface area (Å²) in [5.74, 6) is 0.311. The average molecular weight is 437 g/mol. The summed E-state index contributed by atoms with van der Waals surface area (Å²) in [5.41, 5.74) is 1.76. The summed E-state index contributed by atoms with van der Waals surface area (Å²) >= 11 is 7.23. The van der Waals surface area contributed by atoms with Gasteiger partial charge in [-0.05, 0) is 30.2 Å². The van der Waals surface area contributed by atoms with E-state index >= 15 is 0 Å². The van der Waals surface area contributed by atoms with Crippen molar-refractivity contribution in [1.82, 2.24) is 9.88 Å². The molecule has 2 amide bonds. The van der Waals surface area contributed by atoms with Gasteiger partial charge >= 0.3 is 6.09 Å². The highest BCUT2D eigenvalue weighted by Gasteiger charge is 2.22. The minimum atomic E-state index is -0.524. The molecule has 1 aliphatic rings. The molecule has 1 aromatic heterocycles. The van der Waals surface area contributed by atoms with Crippen LogP contribution >= 0.6 is 22.9 Å². The number of carbonyl (C=O) groups excluding carboxylic acids is 2. The number of hydrogen-bond donors (Lipinski definition) is 1. The molecule has 2 heterocycles. The Hall–Kier alpha value is -2.32. The van der Waals surface area contributed by atoms with Gasteiger partial charge in [-0.3, -0.25) is 10.1 Å². The fourth-order valence-electron chi connectivity index (χ4n) is 2.94. The second-order valence-corrected chi connectivity index (χ2v) is 8.58. The largest absolute Gasteiger partial charge is 0.449 e. The molecular formula is C20H25ClN4O3S. The van der Waals surface area contributed by atoms with Crippen LogP contribution in [0.3, 0.4) is 0 Å². The van der Waals surface area contributed by atoms with E-state index in [1.807, 2.05) is 43.0 Å². The van der Waals surface area contributed by atoms with Crippen molar-refractivity contribution >= 4 is 45.8 Å². The molecule has 3 rings (SSSR count). The van der Waals surface area contributed by atoms with E-state index in [2.05, 4.69) is 15.2 Å². The van der Waals surface area contributed by atoms with E-state index < -0.39 is 6.09 Å². The summed E-state index contributed by atoms with van der Waals surface area (Å²) in [4.78, 5) is 32.7. The Morgan fingerprint density at radius 2 is 1.90 bits per heavy atom. The lowest BCUT2D eigenvalue weighted by atomic mass is 10.2. The van der Waals surface area contributed by atoms with Gasteiger partial charge in [0.05, 0.1) is 18.7 Å². The van der Waals surface area contributed by atoms with E-state index in [1.54, 1.807) is 5.38 Å². The van der Waals surface area contributed by atoms with Gasteiger partial charge in [-0.1, -0.05) is 25.4 Å². The third-order valence-corrected chi connectivity index (χ3v) is 5.52. The Labute approximate surface area is 179 Å². The van der Waals surface area contributed by atoms with Crippen LogP contribution in [0.1, 0.15) is 19.5 Å². The number of carbonyl (C=O) groups is 2. The number of benzene rings is 1. The number of anilines is 2. The van der Waals surface area contributed by atoms with Crippen molar-refractivity contribution < 1.29 is 14.3 Å². The van der Waals surface area contributed by atoms with Gasteiger partial charge in [0.15, 0.2) is 5.13 Å². The van der Waals surface area contributed by atoms with E-state index in [4.69, 9.17) is 16.3 Å². The third-order valence-electron chi connectivity index (χ3n) is 4.46. The Balaban J connectivity index is 1.46. The van der Waals surface area contributed by atoms with E-state index in [1.165, 1.54) is 11.3 Å². The maximum absolute atomic E-state index is 12.6. The van der Waals surface area contributed by atoms with Crippen molar-refractivity contribution in [3.63, 3.8) is 0 Å². The smallest absolute Gasteiger partial charge is 0.413 e. The number of amides is 2. The predicted octanol–water partition coefficient (Wildman–Crippen LogP) is 3.89. The van der Waals surface area contributed by atoms with Gasteiger partial charge in [-0.25, -0.2) is 9.78 Å². The van der Waals surface area contributed by atoms with Crippen molar-refractivity contribution in [2.75, 3.05) is 43.0 Å². The number of piperazine rings is 1. The minimum Gasteiger partial charge on any atom is -0.449 e. The molecular weight excluding hydrogens is 412 g/mol. The lowest BCUT2D eigenvalue weighted by Gasteiger charge is -2.36. The van der Waals surface area contributed by atoms with Crippen LogP contribution in [0, 0.1) is 5.92 Å². The first-order valence-corrected chi connectivity index (χ1v) is 10.8. The second kappa shape index (κ2) is 9.93. The van der Waals surface area contributed by atoms with E-state index in [-0.39, 0.29) is 18.2 Å². The van der Waals surface area contributed by atoms with Crippen LogP contribution in [0.5, 0.6) is 0 Å². The van der Waals surface area contributed by atoms with Crippen LogP contribution in [0.4, 0.5) is 15.6 Å². The quantitative estimate of drug-likeness (QED) is 0.743. The fourth-order valence-corrected chi connectivity index (χ4v) is 3.77. The van der Waals surface area contributed by atoms with Crippen LogP contribution < -0.4 is 10.2 Å². The molecule has 1 aliphatic heterocycles. The number of ether oxygens (including phenoxy) is 1. The van der Waals surface area contributed by atoms with Gasteiger partial charge in [0.25, 0.3) is 0 Å². The maximum atomic E-state index is 12.6. The zero-order valence-corrected chi connectivity index (χ0v) is 18.1. The number of rotatable bonds is 6. The average Bonchev–Trinajstić information content (AvgIpc) is 3.13. The molecule has 9 heteroatoms. The van der Waals surface area contributed by atoms with Gasteiger partial charge in [0.2, 0.25) is 5.91 Å². The van der Waals surface area contributed by atoms with Crippen molar-refractivity contribution in [2.45, 2.75) is 20.3 Å². The van der Waals surface area contributed by atoms with E-state index in [0.29, 0.717) is 35.5 Å². The maximum Gasteiger partial charge on any atom is 0.413 e. The Morgan fingerprint density at radius 3 is 2.55 bits per heavy atom. The molecule has 1 saturated heterocycles. The zero-order valence-electron chi connectivity index (χ0n) is 16.6. The molecule has 0 saturated carbocycles. The number of hydrogen-bond acceptors (Lipinski definition) is 6. The normalized spacial score (nSPS) is 14.2. The SMILES string of the molecule is CC(C)COC(=O)Nc1nc(CC(=O)N2CCN(c3ccc(Cl)cc3)CC2)cs1. The van der Waals surface area contributed by atoms with Crippen molar-refractivity contribution in [3.8, 4) is 0 Å². The fraction of sp³-hybridized carbons (Fsp3) is 0.450. The number of thiazole rings is 1. The van der Waals surface area contributed by atoms with Crippen LogP contribution in [-0.2, 0) is 16.0 Å². The summed E-state index contributed by atoms with van der Waals surface area (Å²) < 4.78 is 5.08. The minimum absolute atomic E-state index is 0.0417. The third kappa shape index (κ3) is 6.33. The number of nitrogens with one attached hydrogen (secondary N) is 1. The first-order valence-electron chi connectivity index (χ1n) is 9.57. The topological polar surface area (TPSA) is 74.8 Å². The molecule has 2 aromatic rings. The summed E-state index contributed by atoms with van der Waals surface area (Å²) in [6.07, 6.45) is -0.301. The summed E-state index contributed by atoms with van der Waals surface area (Å²) in [6, 6.07) is 7.74. The monoisotopic (exact) mass is 436 g/mol. The molecule has 1 N–H and O–H groups in total. The Morgan fingerprint density at radius 1 is 1.21 bits per heavy atom. The standard InChI is InChI=1S/C20H25ClN4O3S/c1-14(2)12-28-20(27)23-19-22-16(13-29-19)11-18(26)25-9-7-24(8-10-25)17-5-3-15(21)4-6-17/h3-6,13-14H,7-12H2,1-2H3,(H,22,23,27). The summed E-state index contributed by atoms with van der Waals surface area (Å²) in [5, 5.41) is 5.55. The lowest BCUT2D eigenvalue weighted by molar-refractivity contribution is -0.130. The zero-order chi connectivity index (χ0) is 20.8. The van der Waals surface area contributed by atoms with Crippen LogP contribution in [0.2, 0.25) is 5.02 Å². The van der Waals surface area contributed by atoms with Crippen LogP contribution in [-0.4, -0.2) is 54.7 Å². The van der Waals surface area contributed by atoms with Crippen molar-refractivity contribution in [2.24, 2.45) is 5.92 Å². The number of aromatic nitrogens is 1. The van der Waals surface area contributed by atoms with Gasteiger partial charge in [-0.2, -0.15) is 0 Å². The number of halogens is 1. The summed E-state index contributed by atoms with van der Waals surface area (Å²) in [6.45, 7) is 7.17. The molecule has 0 spiro atoms. The highest BCUT2D eigenvalue weighted by atomic mass is 35.5. The molecule has 0 radical (unpaired) electrons. The molecule has 1 fully saturated rings. The van der Waals surface area contributed by atoms with E-state index in [9.17, 15) is 9.59 Å². The highest BCUT2D eigenvalue weighted by molar-refractivity contribution is 7.13. The van der Waals surface area contributed by atoms with Crippen LogP contribution in [0.15, 0.2) is 29.6 Å². The predicted molar refractivity (Wildman–Crippen MR) is 116 cm³/mol. The first kappa shape index (κ1) is 21.4. The molecule has 156 valence electrons. The molecule has 1 aromatic carbocycles. The van der Waals surface area contributed by atoms with Gasteiger partial charge in [-0.15, -0.1) is 11.3 Å². The Kier molecular flexibility index (Phi) is 7.33. The second-order valence-electron chi connectivity index (χ2n) is 7.28. The molecule has 7 nitrogen and oxygen atoms in total. The van der Waals surface area contributed by atoms with Crippen LogP contribution in [0.25, 0.3) is 0 Å². The first-order chi connectivity index (χ1) is 13.9. The Bertz CT molecular complexity index is 833. The lowest BCUT2D eigenvalue weighted by Crippen LogP contribution is -2.49. The molecule has 0 atom stereocenters. The molecule has 0 aliphatic carbocycles. The van der Waals surface area contributed by atoms with Gasteiger partial charge in [0.1, 0.15) is 0 Å². The summed E-state index contributed by atoms with van der Waals surface area (Å²) in [7, 11) is 0.